The Hall–Kier alpha value is -2.29. The molecular weight excluding hydrogens is 329 g/mol. The minimum absolute atomic E-state index is 0.0999. The Bertz CT molecular complexity index is 734. The molecule has 0 spiro atoms. The summed E-state index contributed by atoms with van der Waals surface area (Å²) in [5.41, 5.74) is -2.29. The van der Waals surface area contributed by atoms with E-state index in [0.717, 1.165) is 4.88 Å². The zero-order valence-electron chi connectivity index (χ0n) is 11.8. The van der Waals surface area contributed by atoms with Crippen LogP contribution in [-0.2, 0) is 5.66 Å². The van der Waals surface area contributed by atoms with Gasteiger partial charge in [0.2, 0.25) is 0 Å². The Morgan fingerprint density at radius 1 is 1.22 bits per heavy atom. The molecule has 120 valence electrons. The Labute approximate surface area is 133 Å². The summed E-state index contributed by atoms with van der Waals surface area (Å²) in [7, 11) is 0. The first-order chi connectivity index (χ1) is 10.8. The van der Waals surface area contributed by atoms with Crippen LogP contribution in [0.5, 0.6) is 0 Å². The summed E-state index contributed by atoms with van der Waals surface area (Å²) in [6, 6.07) is 6.67. The molecule has 1 aromatic carbocycles. The van der Waals surface area contributed by atoms with Gasteiger partial charge in [-0.1, -0.05) is 12.1 Å². The molecule has 0 fully saturated rings. The van der Waals surface area contributed by atoms with Crippen LogP contribution in [0, 0.1) is 0 Å². The number of aromatic nitrogens is 1. The maximum atomic E-state index is 12.9. The van der Waals surface area contributed by atoms with Crippen LogP contribution in [0.1, 0.15) is 33.8 Å². The predicted octanol–water partition coefficient (Wildman–Crippen LogP) is 3.82. The number of alkyl halides is 3. The van der Waals surface area contributed by atoms with Crippen LogP contribution in [0.4, 0.5) is 13.2 Å². The number of benzene rings is 1. The van der Waals surface area contributed by atoms with E-state index in [1.165, 1.54) is 35.8 Å². The molecule has 23 heavy (non-hydrogen) atoms. The van der Waals surface area contributed by atoms with Gasteiger partial charge in [0.15, 0.2) is 0 Å². The maximum Gasteiger partial charge on any atom is 0.442 e. The molecule has 0 bridgehead atoms. The summed E-state index contributed by atoms with van der Waals surface area (Å²) in [4.78, 5) is 13.0. The highest BCUT2D eigenvalue weighted by Crippen LogP contribution is 2.52. The highest BCUT2D eigenvalue weighted by atomic mass is 32.1. The first-order valence-electron chi connectivity index (χ1n) is 6.66. The van der Waals surface area contributed by atoms with Crippen LogP contribution in [0.25, 0.3) is 0 Å². The van der Waals surface area contributed by atoms with Crippen molar-refractivity contribution in [1.29, 1.82) is 0 Å². The molecule has 0 saturated heterocycles. The van der Waals surface area contributed by atoms with Crippen molar-refractivity contribution in [1.82, 2.24) is 9.69 Å². The number of nitrogens with zero attached hydrogens (tertiary/aromatic N) is 3. The Morgan fingerprint density at radius 2 is 1.87 bits per heavy atom. The van der Waals surface area contributed by atoms with E-state index < -0.39 is 11.8 Å². The lowest BCUT2D eigenvalue weighted by atomic mass is 10.0. The van der Waals surface area contributed by atoms with Gasteiger partial charge in [0.05, 0.1) is 6.04 Å². The monoisotopic (exact) mass is 340 g/mol. The van der Waals surface area contributed by atoms with Crippen molar-refractivity contribution in [2.45, 2.75) is 24.8 Å². The average Bonchev–Trinajstić information content (AvgIpc) is 3.15. The number of carbonyl (C=O) groups excluding carboxylic acids is 1. The normalized spacial score (nSPS) is 16.9. The zero-order valence-corrected chi connectivity index (χ0v) is 12.6. The van der Waals surface area contributed by atoms with E-state index in [-0.39, 0.29) is 23.1 Å². The van der Waals surface area contributed by atoms with Crippen LogP contribution in [0.15, 0.2) is 46.8 Å². The van der Waals surface area contributed by atoms with E-state index >= 15 is 0 Å². The van der Waals surface area contributed by atoms with E-state index in [1.54, 1.807) is 19.2 Å². The molecule has 1 unspecified atom stereocenters. The molecule has 1 aliphatic rings. The molecule has 1 amide bonds. The van der Waals surface area contributed by atoms with Crippen molar-refractivity contribution in [3.8, 4) is 0 Å². The smallest absolute Gasteiger partial charge is 0.345 e. The summed E-state index contributed by atoms with van der Waals surface area (Å²) in [5.74, 6) is -0.372. The highest BCUT2D eigenvalue weighted by Gasteiger charge is 2.65. The van der Waals surface area contributed by atoms with Gasteiger partial charge in [0.25, 0.3) is 5.91 Å². The van der Waals surface area contributed by atoms with Gasteiger partial charge >= 0.3 is 11.8 Å². The van der Waals surface area contributed by atoms with Gasteiger partial charge in [0.1, 0.15) is 0 Å². The second kappa shape index (κ2) is 5.41. The van der Waals surface area contributed by atoms with E-state index in [0.29, 0.717) is 0 Å². The van der Waals surface area contributed by atoms with Crippen molar-refractivity contribution in [3.05, 3.63) is 52.5 Å². The number of amides is 1. The minimum Gasteiger partial charge on any atom is -0.345 e. The summed E-state index contributed by atoms with van der Waals surface area (Å²) < 4.78 is 42.6. The molecule has 2 aromatic rings. The first-order valence-corrected chi connectivity index (χ1v) is 7.43. The number of halogens is 3. The Balaban J connectivity index is 1.71. The van der Waals surface area contributed by atoms with Gasteiger partial charge in [-0.3, -0.25) is 4.79 Å². The second-order valence-corrected chi connectivity index (χ2v) is 5.92. The maximum absolute atomic E-state index is 12.9. The van der Waals surface area contributed by atoms with Crippen molar-refractivity contribution in [3.63, 3.8) is 0 Å². The number of rotatable bonds is 4. The lowest BCUT2D eigenvalue weighted by Crippen LogP contribution is -2.30. The fraction of sp³-hybridized carbons (Fsp3) is 0.286. The van der Waals surface area contributed by atoms with Gasteiger partial charge < -0.3 is 5.32 Å². The quantitative estimate of drug-likeness (QED) is 0.919. The fourth-order valence-electron chi connectivity index (χ4n) is 2.10. The van der Waals surface area contributed by atoms with Gasteiger partial charge in [-0.15, -0.1) is 10.2 Å². The summed E-state index contributed by atoms with van der Waals surface area (Å²) >= 11 is 1.27. The molecule has 1 aliphatic heterocycles. The van der Waals surface area contributed by atoms with Crippen molar-refractivity contribution >= 4 is 17.4 Å². The van der Waals surface area contributed by atoms with Crippen LogP contribution in [0.3, 0.4) is 0 Å². The number of carbonyl (C=O) groups is 1. The average molecular weight is 340 g/mol. The highest BCUT2D eigenvalue weighted by molar-refractivity contribution is 7.05. The van der Waals surface area contributed by atoms with E-state index in [9.17, 15) is 18.0 Å². The van der Waals surface area contributed by atoms with Crippen LogP contribution in [-0.4, -0.2) is 16.5 Å². The summed E-state index contributed by atoms with van der Waals surface area (Å²) in [6.45, 7) is 1.81. The molecule has 1 aromatic heterocycles. The summed E-state index contributed by atoms with van der Waals surface area (Å²) in [6.07, 6.45) is -2.94. The van der Waals surface area contributed by atoms with Crippen molar-refractivity contribution in [2.75, 3.05) is 0 Å². The molecule has 1 atom stereocenters. The van der Waals surface area contributed by atoms with Crippen LogP contribution >= 0.6 is 11.5 Å². The Morgan fingerprint density at radius 3 is 2.35 bits per heavy atom. The van der Waals surface area contributed by atoms with Gasteiger partial charge in [0, 0.05) is 22.2 Å². The lowest BCUT2D eigenvalue weighted by Gasteiger charge is -2.15. The lowest BCUT2D eigenvalue weighted by molar-refractivity contribution is -0.166. The van der Waals surface area contributed by atoms with Crippen LogP contribution in [0.2, 0.25) is 0 Å². The predicted molar refractivity (Wildman–Crippen MR) is 77.0 cm³/mol. The molecule has 5 nitrogen and oxygen atoms in total. The molecule has 2 heterocycles. The molecule has 9 heteroatoms. The fourth-order valence-corrected chi connectivity index (χ4v) is 2.68. The molecule has 1 N–H and O–H groups in total. The molecule has 0 aliphatic carbocycles. The van der Waals surface area contributed by atoms with Crippen molar-refractivity contribution in [2.24, 2.45) is 10.2 Å². The van der Waals surface area contributed by atoms with Crippen LogP contribution < -0.4 is 5.32 Å². The standard InChI is InChI=1S/C14H11F3N4OS/c1-8(11-6-7-18-23-11)19-12(22)9-2-4-10(5-3-9)13(20-21-13)14(15,16)17/h2-8H,1H3,(H,19,22). The summed E-state index contributed by atoms with van der Waals surface area (Å²) in [5, 5.41) is 9.02. The van der Waals surface area contributed by atoms with Gasteiger partial charge in [-0.05, 0) is 36.7 Å². The molecule has 0 saturated carbocycles. The third-order valence-electron chi connectivity index (χ3n) is 3.48. The van der Waals surface area contributed by atoms with Gasteiger partial charge in [-0.25, -0.2) is 4.37 Å². The third kappa shape index (κ3) is 2.83. The number of hydrogen-bond acceptors (Lipinski definition) is 5. The van der Waals surface area contributed by atoms with Crippen molar-refractivity contribution < 1.29 is 18.0 Å². The minimum atomic E-state index is -4.57. The SMILES string of the molecule is CC(NC(=O)c1ccc(C2(C(F)(F)F)N=N2)cc1)c1ccns1. The molecule has 3 rings (SSSR count). The number of nitrogens with one attached hydrogen (secondary N) is 1. The first kappa shape index (κ1) is 15.6. The zero-order chi connectivity index (χ0) is 16.7. The van der Waals surface area contributed by atoms with Gasteiger partial charge in [-0.2, -0.15) is 13.2 Å². The third-order valence-corrected chi connectivity index (χ3v) is 4.40. The van der Waals surface area contributed by atoms with E-state index in [2.05, 4.69) is 19.9 Å². The van der Waals surface area contributed by atoms with E-state index in [4.69, 9.17) is 0 Å². The molecule has 0 radical (unpaired) electrons. The molecular formula is C14H11F3N4OS. The number of hydrogen-bond donors (Lipinski definition) is 1. The van der Waals surface area contributed by atoms with E-state index in [1.807, 2.05) is 0 Å². The Kier molecular flexibility index (Phi) is 3.67. The topological polar surface area (TPSA) is 66.7 Å². The largest absolute Gasteiger partial charge is 0.442 e. The second-order valence-electron chi connectivity index (χ2n) is 5.06.